The molecule has 1 fully saturated rings. The van der Waals surface area contributed by atoms with Crippen LogP contribution in [0.5, 0.6) is 0 Å². The molecule has 5 nitrogen and oxygen atoms in total. The lowest BCUT2D eigenvalue weighted by Gasteiger charge is -2.24. The lowest BCUT2D eigenvalue weighted by molar-refractivity contribution is 0.479. The summed E-state index contributed by atoms with van der Waals surface area (Å²) in [6.07, 6.45) is 4.19. The Kier molecular flexibility index (Phi) is 4.21. The maximum atomic E-state index is 9.12. The minimum Gasteiger partial charge on any atom is -0.366 e. The van der Waals surface area contributed by atoms with Crippen LogP contribution in [-0.2, 0) is 0 Å². The summed E-state index contributed by atoms with van der Waals surface area (Å²) in [6.45, 7) is 6.27. The van der Waals surface area contributed by atoms with E-state index in [-0.39, 0.29) is 5.92 Å². The molecule has 2 aromatic heterocycles. The second-order valence-electron chi connectivity index (χ2n) is 6.14. The number of piperidine rings is 1. The highest BCUT2D eigenvalue weighted by atomic mass is 15.1. The van der Waals surface area contributed by atoms with Crippen LogP contribution in [0, 0.1) is 11.3 Å². The van der Waals surface area contributed by atoms with Gasteiger partial charge in [0.2, 0.25) is 0 Å². The highest BCUT2D eigenvalue weighted by Gasteiger charge is 2.15. The van der Waals surface area contributed by atoms with E-state index in [1.54, 1.807) is 6.07 Å². The molecule has 0 unspecified atom stereocenters. The van der Waals surface area contributed by atoms with Crippen LogP contribution in [0.3, 0.4) is 0 Å². The smallest absolute Gasteiger partial charge is 0.141 e. The molecule has 0 radical (unpaired) electrons. The van der Waals surface area contributed by atoms with Crippen molar-refractivity contribution in [3.8, 4) is 6.07 Å². The van der Waals surface area contributed by atoms with Gasteiger partial charge in [0.25, 0.3) is 0 Å². The SMILES string of the molecule is CC(C)c1nc(C#N)cc2cnc(N[C@H]3CCCNC3)cc12. The third kappa shape index (κ3) is 3.02. The molecule has 1 aliphatic rings. The Bertz CT molecular complexity index is 711. The minimum absolute atomic E-state index is 0.266. The predicted molar refractivity (Wildman–Crippen MR) is 87.9 cm³/mol. The molecule has 114 valence electrons. The maximum absolute atomic E-state index is 9.12. The fourth-order valence-corrected chi connectivity index (χ4v) is 2.93. The average Bonchev–Trinajstić information content (AvgIpc) is 2.54. The van der Waals surface area contributed by atoms with Crippen molar-refractivity contribution in [3.63, 3.8) is 0 Å². The highest BCUT2D eigenvalue weighted by molar-refractivity contribution is 5.87. The summed E-state index contributed by atoms with van der Waals surface area (Å²) in [5.74, 6) is 1.15. The summed E-state index contributed by atoms with van der Waals surface area (Å²) in [7, 11) is 0. The summed E-state index contributed by atoms with van der Waals surface area (Å²) in [4.78, 5) is 8.98. The second kappa shape index (κ2) is 6.29. The third-order valence-electron chi connectivity index (χ3n) is 4.05. The molecule has 5 heteroatoms. The van der Waals surface area contributed by atoms with E-state index >= 15 is 0 Å². The topological polar surface area (TPSA) is 73.6 Å². The van der Waals surface area contributed by atoms with Gasteiger partial charge in [0.1, 0.15) is 17.6 Å². The third-order valence-corrected chi connectivity index (χ3v) is 4.05. The number of aromatic nitrogens is 2. The molecule has 0 aromatic carbocycles. The molecule has 22 heavy (non-hydrogen) atoms. The highest BCUT2D eigenvalue weighted by Crippen LogP contribution is 2.26. The van der Waals surface area contributed by atoms with Crippen molar-refractivity contribution in [2.75, 3.05) is 18.4 Å². The standard InChI is InChI=1S/C17H21N5/c1-11(2)17-15-7-16(21-13-4-3-5-19-10-13)20-9-12(15)6-14(8-18)22-17/h6-7,9,11,13,19H,3-5,10H2,1-2H3,(H,20,21)/t13-/m0/s1. The average molecular weight is 295 g/mol. The molecule has 3 heterocycles. The molecule has 2 N–H and O–H groups in total. The zero-order valence-corrected chi connectivity index (χ0v) is 13.1. The van der Waals surface area contributed by atoms with Gasteiger partial charge in [-0.05, 0) is 37.4 Å². The molecule has 1 aliphatic heterocycles. The molecule has 3 rings (SSSR count). The number of nitriles is 1. The number of nitrogens with zero attached hydrogens (tertiary/aromatic N) is 3. The van der Waals surface area contributed by atoms with Gasteiger partial charge in [-0.2, -0.15) is 5.26 Å². The largest absolute Gasteiger partial charge is 0.366 e. The van der Waals surface area contributed by atoms with Crippen molar-refractivity contribution in [1.29, 1.82) is 5.26 Å². The van der Waals surface area contributed by atoms with Gasteiger partial charge in [0.15, 0.2) is 0 Å². The van der Waals surface area contributed by atoms with Gasteiger partial charge in [-0.3, -0.25) is 0 Å². The van der Waals surface area contributed by atoms with E-state index in [9.17, 15) is 0 Å². The first kappa shape index (κ1) is 14.7. The van der Waals surface area contributed by atoms with Gasteiger partial charge in [0, 0.05) is 29.6 Å². The number of anilines is 1. The Morgan fingerprint density at radius 3 is 2.95 bits per heavy atom. The van der Waals surface area contributed by atoms with Gasteiger partial charge in [0.05, 0.1) is 5.69 Å². The van der Waals surface area contributed by atoms with E-state index in [1.807, 2.05) is 6.20 Å². The van der Waals surface area contributed by atoms with Crippen molar-refractivity contribution >= 4 is 16.6 Å². The predicted octanol–water partition coefficient (Wildman–Crippen LogP) is 2.79. The van der Waals surface area contributed by atoms with Gasteiger partial charge in [-0.15, -0.1) is 0 Å². The monoisotopic (exact) mass is 295 g/mol. The minimum atomic E-state index is 0.266. The van der Waals surface area contributed by atoms with Crippen molar-refractivity contribution < 1.29 is 0 Å². The lowest BCUT2D eigenvalue weighted by atomic mass is 10.0. The summed E-state index contributed by atoms with van der Waals surface area (Å²) in [5.41, 5.74) is 1.41. The summed E-state index contributed by atoms with van der Waals surface area (Å²) in [5, 5.41) is 18.1. The van der Waals surface area contributed by atoms with Crippen LogP contribution in [0.15, 0.2) is 18.3 Å². The molecular formula is C17H21N5. The van der Waals surface area contributed by atoms with Crippen molar-refractivity contribution in [3.05, 3.63) is 29.7 Å². The number of pyridine rings is 2. The molecular weight excluding hydrogens is 274 g/mol. The van der Waals surface area contributed by atoms with Gasteiger partial charge >= 0.3 is 0 Å². The normalized spacial score (nSPS) is 18.4. The number of fused-ring (bicyclic) bond motifs is 1. The molecule has 1 atom stereocenters. The van der Waals surface area contributed by atoms with E-state index in [2.05, 4.69) is 46.6 Å². The van der Waals surface area contributed by atoms with Gasteiger partial charge in [-0.25, -0.2) is 9.97 Å². The van der Waals surface area contributed by atoms with Crippen LogP contribution >= 0.6 is 0 Å². The molecule has 2 aromatic rings. The molecule has 0 saturated carbocycles. The van der Waals surface area contributed by atoms with E-state index < -0.39 is 0 Å². The Balaban J connectivity index is 1.97. The molecule has 0 bridgehead atoms. The van der Waals surface area contributed by atoms with E-state index in [0.29, 0.717) is 11.7 Å². The first-order valence-electron chi connectivity index (χ1n) is 7.85. The van der Waals surface area contributed by atoms with Crippen LogP contribution in [-0.4, -0.2) is 29.1 Å². The zero-order chi connectivity index (χ0) is 15.5. The van der Waals surface area contributed by atoms with Crippen LogP contribution < -0.4 is 10.6 Å². The van der Waals surface area contributed by atoms with E-state index in [1.165, 1.54) is 6.42 Å². The summed E-state index contributed by atoms with van der Waals surface area (Å²) >= 11 is 0. The maximum Gasteiger partial charge on any atom is 0.141 e. The lowest BCUT2D eigenvalue weighted by Crippen LogP contribution is -2.38. The molecule has 0 amide bonds. The molecule has 1 saturated heterocycles. The van der Waals surface area contributed by atoms with Crippen molar-refractivity contribution in [2.24, 2.45) is 0 Å². The Morgan fingerprint density at radius 2 is 2.27 bits per heavy atom. The van der Waals surface area contributed by atoms with E-state index in [0.717, 1.165) is 41.8 Å². The van der Waals surface area contributed by atoms with Gasteiger partial charge < -0.3 is 10.6 Å². The van der Waals surface area contributed by atoms with Crippen LogP contribution in [0.1, 0.15) is 44.0 Å². The summed E-state index contributed by atoms with van der Waals surface area (Å²) < 4.78 is 0. The first-order chi connectivity index (χ1) is 10.7. The fourth-order valence-electron chi connectivity index (χ4n) is 2.93. The van der Waals surface area contributed by atoms with Crippen LogP contribution in [0.4, 0.5) is 5.82 Å². The van der Waals surface area contributed by atoms with Crippen molar-refractivity contribution in [2.45, 2.75) is 38.6 Å². The number of hydrogen-bond acceptors (Lipinski definition) is 5. The van der Waals surface area contributed by atoms with Crippen LogP contribution in [0.2, 0.25) is 0 Å². The summed E-state index contributed by atoms with van der Waals surface area (Å²) in [6, 6.07) is 6.42. The van der Waals surface area contributed by atoms with Gasteiger partial charge in [-0.1, -0.05) is 13.8 Å². The number of nitrogens with one attached hydrogen (secondary N) is 2. The van der Waals surface area contributed by atoms with Crippen LogP contribution in [0.25, 0.3) is 10.8 Å². The molecule has 0 spiro atoms. The fraction of sp³-hybridized carbons (Fsp3) is 0.471. The second-order valence-corrected chi connectivity index (χ2v) is 6.14. The quantitative estimate of drug-likeness (QED) is 0.911. The first-order valence-corrected chi connectivity index (χ1v) is 7.85. The number of hydrogen-bond donors (Lipinski definition) is 2. The molecule has 0 aliphatic carbocycles. The Labute approximate surface area is 130 Å². The Hall–Kier alpha value is -2.19. The number of rotatable bonds is 3. The van der Waals surface area contributed by atoms with Crippen molar-refractivity contribution in [1.82, 2.24) is 15.3 Å². The zero-order valence-electron chi connectivity index (χ0n) is 13.1. The Morgan fingerprint density at radius 1 is 1.41 bits per heavy atom. The van der Waals surface area contributed by atoms with E-state index in [4.69, 9.17) is 5.26 Å².